The van der Waals surface area contributed by atoms with E-state index in [-0.39, 0.29) is 12.2 Å². The molecule has 21 heavy (non-hydrogen) atoms. The minimum atomic E-state index is -0.622. The predicted octanol–water partition coefficient (Wildman–Crippen LogP) is 2.61. The number of carbonyl (C=O) groups excluding carboxylic acids is 1. The maximum Gasteiger partial charge on any atom is 0.376 e. The first kappa shape index (κ1) is 17.3. The van der Waals surface area contributed by atoms with Gasteiger partial charge in [-0.1, -0.05) is 13.3 Å². The molecular formula is C15H22O6. The average molecular weight is 298 g/mol. The first-order chi connectivity index (χ1) is 10.2. The van der Waals surface area contributed by atoms with E-state index in [2.05, 4.69) is 6.92 Å². The lowest BCUT2D eigenvalue weighted by Crippen LogP contribution is -2.11. The van der Waals surface area contributed by atoms with Gasteiger partial charge in [0.2, 0.25) is 0 Å². The highest BCUT2D eigenvalue weighted by atomic mass is 17.2. The molecule has 0 aliphatic carbocycles. The molecule has 6 heteroatoms. The van der Waals surface area contributed by atoms with Gasteiger partial charge in [0, 0.05) is 12.7 Å². The molecular weight excluding hydrogens is 276 g/mol. The second-order valence-electron chi connectivity index (χ2n) is 4.22. The molecule has 0 fully saturated rings. The zero-order chi connectivity index (χ0) is 15.5. The zero-order valence-corrected chi connectivity index (χ0v) is 12.7. The molecule has 0 amide bonds. The molecule has 0 bridgehead atoms. The number of benzene rings is 1. The third-order valence-corrected chi connectivity index (χ3v) is 2.72. The number of rotatable bonds is 10. The van der Waals surface area contributed by atoms with Crippen molar-refractivity contribution in [3.63, 3.8) is 0 Å². The first-order valence-electron chi connectivity index (χ1n) is 6.86. The Balaban J connectivity index is 2.38. The highest BCUT2D eigenvalue weighted by molar-refractivity contribution is 5.92. The molecule has 0 radical (unpaired) electrons. The average Bonchev–Trinajstić information content (AvgIpc) is 2.53. The molecule has 0 unspecified atom stereocenters. The summed E-state index contributed by atoms with van der Waals surface area (Å²) < 4.78 is 15.5. The van der Waals surface area contributed by atoms with Crippen molar-refractivity contribution in [2.45, 2.75) is 19.8 Å². The van der Waals surface area contributed by atoms with Crippen LogP contribution in [0.2, 0.25) is 0 Å². The van der Waals surface area contributed by atoms with Gasteiger partial charge in [0.15, 0.2) is 0 Å². The molecule has 118 valence electrons. The molecule has 0 aromatic heterocycles. The van der Waals surface area contributed by atoms with E-state index in [4.69, 9.17) is 24.0 Å². The molecule has 6 nitrogen and oxygen atoms in total. The summed E-state index contributed by atoms with van der Waals surface area (Å²) in [6.45, 7) is 3.34. The lowest BCUT2D eigenvalue weighted by molar-refractivity contribution is -0.247. The lowest BCUT2D eigenvalue weighted by atomic mass is 10.2. The third kappa shape index (κ3) is 6.01. The van der Waals surface area contributed by atoms with Crippen LogP contribution in [0.25, 0.3) is 0 Å². The maximum absolute atomic E-state index is 11.9. The van der Waals surface area contributed by atoms with Gasteiger partial charge in [-0.2, -0.15) is 4.89 Å². The van der Waals surface area contributed by atoms with E-state index in [0.29, 0.717) is 24.7 Å². The van der Waals surface area contributed by atoms with Crippen LogP contribution < -0.4 is 9.47 Å². The molecule has 0 N–H and O–H groups in total. The Labute approximate surface area is 124 Å². The molecule has 0 saturated carbocycles. The fourth-order valence-electron chi connectivity index (χ4n) is 1.55. The number of methoxy groups -OCH3 is 2. The van der Waals surface area contributed by atoms with Crippen molar-refractivity contribution in [1.82, 2.24) is 0 Å². The SMILES string of the molecule is CCCCOCCOOC(=O)c1ccc(OC)cc1OC. The summed E-state index contributed by atoms with van der Waals surface area (Å²) in [4.78, 5) is 21.4. The van der Waals surface area contributed by atoms with Gasteiger partial charge in [-0.05, 0) is 18.6 Å². The van der Waals surface area contributed by atoms with Crippen molar-refractivity contribution < 1.29 is 28.8 Å². The normalized spacial score (nSPS) is 10.2. The van der Waals surface area contributed by atoms with E-state index in [9.17, 15) is 4.79 Å². The summed E-state index contributed by atoms with van der Waals surface area (Å²) in [5.41, 5.74) is 0.269. The summed E-state index contributed by atoms with van der Waals surface area (Å²) in [5, 5.41) is 0. The highest BCUT2D eigenvalue weighted by Gasteiger charge is 2.15. The van der Waals surface area contributed by atoms with E-state index < -0.39 is 5.97 Å². The van der Waals surface area contributed by atoms with Crippen molar-refractivity contribution in [3.05, 3.63) is 23.8 Å². The van der Waals surface area contributed by atoms with Gasteiger partial charge in [0.05, 0.1) is 20.8 Å². The minimum Gasteiger partial charge on any atom is -0.497 e. The van der Waals surface area contributed by atoms with E-state index in [1.54, 1.807) is 18.2 Å². The second-order valence-corrected chi connectivity index (χ2v) is 4.22. The molecule has 0 spiro atoms. The van der Waals surface area contributed by atoms with Crippen molar-refractivity contribution in [3.8, 4) is 11.5 Å². The van der Waals surface area contributed by atoms with Crippen LogP contribution in [0.1, 0.15) is 30.1 Å². The second kappa shape index (κ2) is 10.0. The standard InChI is InChI=1S/C15H22O6/c1-4-5-8-19-9-10-20-21-15(16)13-7-6-12(17-2)11-14(13)18-3/h6-7,11H,4-5,8-10H2,1-3H3. The Morgan fingerprint density at radius 1 is 1.10 bits per heavy atom. The molecule has 0 saturated heterocycles. The van der Waals surface area contributed by atoms with Gasteiger partial charge in [-0.3, -0.25) is 4.89 Å². The van der Waals surface area contributed by atoms with Crippen LogP contribution in [0.4, 0.5) is 0 Å². The Morgan fingerprint density at radius 2 is 1.90 bits per heavy atom. The van der Waals surface area contributed by atoms with Gasteiger partial charge < -0.3 is 14.2 Å². The van der Waals surface area contributed by atoms with Crippen molar-refractivity contribution in [1.29, 1.82) is 0 Å². The summed E-state index contributed by atoms with van der Waals surface area (Å²) in [6.07, 6.45) is 2.08. The Hall–Kier alpha value is -1.79. The predicted molar refractivity (Wildman–Crippen MR) is 76.6 cm³/mol. The smallest absolute Gasteiger partial charge is 0.376 e. The number of hydrogen-bond donors (Lipinski definition) is 0. The van der Waals surface area contributed by atoms with E-state index in [1.165, 1.54) is 14.2 Å². The molecule has 0 aliphatic rings. The molecule has 0 atom stereocenters. The van der Waals surface area contributed by atoms with E-state index in [1.807, 2.05) is 0 Å². The van der Waals surface area contributed by atoms with Gasteiger partial charge in [-0.15, -0.1) is 0 Å². The van der Waals surface area contributed by atoms with Crippen molar-refractivity contribution >= 4 is 5.97 Å². The first-order valence-corrected chi connectivity index (χ1v) is 6.86. The largest absolute Gasteiger partial charge is 0.497 e. The van der Waals surface area contributed by atoms with Crippen LogP contribution in [0, 0.1) is 0 Å². The quantitative estimate of drug-likeness (QED) is 0.376. The molecule has 1 aromatic rings. The lowest BCUT2D eigenvalue weighted by Gasteiger charge is -2.09. The van der Waals surface area contributed by atoms with Crippen LogP contribution >= 0.6 is 0 Å². The number of hydrogen-bond acceptors (Lipinski definition) is 6. The van der Waals surface area contributed by atoms with Gasteiger partial charge in [0.25, 0.3) is 0 Å². The molecule has 0 aliphatic heterocycles. The van der Waals surface area contributed by atoms with Gasteiger partial charge in [-0.25, -0.2) is 4.79 Å². The van der Waals surface area contributed by atoms with Gasteiger partial charge >= 0.3 is 5.97 Å². The fourth-order valence-corrected chi connectivity index (χ4v) is 1.55. The topological polar surface area (TPSA) is 63.2 Å². The number of unbranched alkanes of at least 4 members (excludes halogenated alkanes) is 1. The molecule has 1 rings (SSSR count). The van der Waals surface area contributed by atoms with Gasteiger partial charge in [0.1, 0.15) is 23.7 Å². The van der Waals surface area contributed by atoms with Crippen LogP contribution in [0.5, 0.6) is 11.5 Å². The Kier molecular flexibility index (Phi) is 8.23. The van der Waals surface area contributed by atoms with Crippen LogP contribution in [-0.4, -0.2) is 40.0 Å². The number of carbonyl (C=O) groups is 1. The third-order valence-electron chi connectivity index (χ3n) is 2.72. The van der Waals surface area contributed by atoms with E-state index >= 15 is 0 Å². The Bertz CT molecular complexity index is 432. The zero-order valence-electron chi connectivity index (χ0n) is 12.7. The Morgan fingerprint density at radius 3 is 2.57 bits per heavy atom. The summed E-state index contributed by atoms with van der Waals surface area (Å²) in [7, 11) is 3.00. The fraction of sp³-hybridized carbons (Fsp3) is 0.533. The van der Waals surface area contributed by atoms with Crippen LogP contribution in [0.15, 0.2) is 18.2 Å². The van der Waals surface area contributed by atoms with Crippen molar-refractivity contribution in [2.24, 2.45) is 0 Å². The van der Waals surface area contributed by atoms with Crippen LogP contribution in [-0.2, 0) is 14.5 Å². The maximum atomic E-state index is 11.9. The minimum absolute atomic E-state index is 0.188. The van der Waals surface area contributed by atoms with Crippen LogP contribution in [0.3, 0.4) is 0 Å². The summed E-state index contributed by atoms with van der Waals surface area (Å²) in [6, 6.07) is 4.80. The monoisotopic (exact) mass is 298 g/mol. The summed E-state index contributed by atoms with van der Waals surface area (Å²) >= 11 is 0. The summed E-state index contributed by atoms with van der Waals surface area (Å²) in [5.74, 6) is 0.332. The molecule has 0 heterocycles. The molecule has 1 aromatic carbocycles. The van der Waals surface area contributed by atoms with E-state index in [0.717, 1.165) is 12.8 Å². The highest BCUT2D eigenvalue weighted by Crippen LogP contribution is 2.25. The van der Waals surface area contributed by atoms with Crippen molar-refractivity contribution in [2.75, 3.05) is 34.0 Å². The number of ether oxygens (including phenoxy) is 3.